The van der Waals surface area contributed by atoms with Crippen LogP contribution in [0.25, 0.3) is 0 Å². The zero-order valence-electron chi connectivity index (χ0n) is 12.2. The van der Waals surface area contributed by atoms with Gasteiger partial charge in [-0.1, -0.05) is 13.8 Å². The molecule has 20 heavy (non-hydrogen) atoms. The third kappa shape index (κ3) is 4.45. The number of piperidine rings is 1. The molecular formula is C14H23N5O. The molecule has 0 radical (unpaired) electrons. The van der Waals surface area contributed by atoms with Crippen LogP contribution in [-0.4, -0.2) is 47.6 Å². The Morgan fingerprint density at radius 1 is 1.35 bits per heavy atom. The molecule has 0 aliphatic carbocycles. The molecule has 2 heterocycles. The smallest absolute Gasteiger partial charge is 0.234 e. The van der Waals surface area contributed by atoms with E-state index >= 15 is 0 Å². The summed E-state index contributed by atoms with van der Waals surface area (Å²) in [5, 5.41) is 6.20. The second-order valence-corrected chi connectivity index (χ2v) is 5.41. The Hall–Kier alpha value is -1.69. The topological polar surface area (TPSA) is 70.2 Å². The highest BCUT2D eigenvalue weighted by atomic mass is 16.2. The summed E-state index contributed by atoms with van der Waals surface area (Å²) in [6, 6.07) is 2.41. The summed E-state index contributed by atoms with van der Waals surface area (Å²) < 4.78 is 0. The van der Waals surface area contributed by atoms with Crippen LogP contribution in [-0.2, 0) is 4.79 Å². The molecule has 6 nitrogen and oxygen atoms in total. The van der Waals surface area contributed by atoms with Crippen molar-refractivity contribution in [2.75, 3.05) is 24.5 Å². The minimum atomic E-state index is 0.0770. The number of hydrogen-bond acceptors (Lipinski definition) is 5. The first-order valence-electron chi connectivity index (χ1n) is 7.20. The van der Waals surface area contributed by atoms with Crippen molar-refractivity contribution in [3.63, 3.8) is 0 Å². The van der Waals surface area contributed by atoms with Gasteiger partial charge in [0, 0.05) is 37.6 Å². The van der Waals surface area contributed by atoms with Crippen LogP contribution in [0.1, 0.15) is 26.7 Å². The Labute approximate surface area is 120 Å². The van der Waals surface area contributed by atoms with E-state index in [-0.39, 0.29) is 11.9 Å². The standard InChI is InChI=1S/C14H23N5O/c1-11(2)17-10-13(20)18-12-4-8-19(9-5-12)14-15-6-3-7-16-14/h3,6-7,11-12,17H,4-5,8-10H2,1-2H3,(H,18,20). The summed E-state index contributed by atoms with van der Waals surface area (Å²) in [6.07, 6.45) is 5.39. The molecule has 2 N–H and O–H groups in total. The molecule has 0 atom stereocenters. The van der Waals surface area contributed by atoms with Gasteiger partial charge in [-0.05, 0) is 18.9 Å². The molecule has 1 amide bonds. The molecule has 1 aromatic heterocycles. The molecule has 1 aliphatic rings. The average molecular weight is 277 g/mol. The van der Waals surface area contributed by atoms with E-state index < -0.39 is 0 Å². The van der Waals surface area contributed by atoms with Gasteiger partial charge in [-0.25, -0.2) is 9.97 Å². The van der Waals surface area contributed by atoms with E-state index in [0.717, 1.165) is 31.9 Å². The van der Waals surface area contributed by atoms with Gasteiger partial charge in [0.25, 0.3) is 0 Å². The molecule has 1 fully saturated rings. The summed E-state index contributed by atoms with van der Waals surface area (Å²) in [4.78, 5) is 22.4. The number of anilines is 1. The highest BCUT2D eigenvalue weighted by molar-refractivity contribution is 5.78. The average Bonchev–Trinajstić information content (AvgIpc) is 2.47. The minimum absolute atomic E-state index is 0.0770. The summed E-state index contributed by atoms with van der Waals surface area (Å²) in [5.74, 6) is 0.854. The van der Waals surface area contributed by atoms with Gasteiger partial charge >= 0.3 is 0 Å². The zero-order valence-corrected chi connectivity index (χ0v) is 12.2. The molecule has 0 aromatic carbocycles. The number of carbonyl (C=O) groups is 1. The molecule has 1 saturated heterocycles. The fraction of sp³-hybridized carbons (Fsp3) is 0.643. The predicted molar refractivity (Wildman–Crippen MR) is 78.5 cm³/mol. The van der Waals surface area contributed by atoms with Gasteiger partial charge in [0.15, 0.2) is 0 Å². The molecule has 2 rings (SSSR count). The molecule has 0 bridgehead atoms. The summed E-state index contributed by atoms with van der Waals surface area (Å²) in [7, 11) is 0. The van der Waals surface area contributed by atoms with E-state index in [9.17, 15) is 4.79 Å². The molecule has 0 spiro atoms. The highest BCUT2D eigenvalue weighted by Gasteiger charge is 2.21. The van der Waals surface area contributed by atoms with Crippen molar-refractivity contribution in [3.05, 3.63) is 18.5 Å². The minimum Gasteiger partial charge on any atom is -0.352 e. The number of rotatable bonds is 5. The van der Waals surface area contributed by atoms with E-state index in [1.807, 2.05) is 19.9 Å². The van der Waals surface area contributed by atoms with Gasteiger partial charge in [0.2, 0.25) is 11.9 Å². The molecule has 1 aromatic rings. The van der Waals surface area contributed by atoms with Crippen LogP contribution in [0.5, 0.6) is 0 Å². The third-order valence-corrected chi connectivity index (χ3v) is 3.37. The number of hydrogen-bond donors (Lipinski definition) is 2. The van der Waals surface area contributed by atoms with Crippen LogP contribution in [0, 0.1) is 0 Å². The van der Waals surface area contributed by atoms with Crippen LogP contribution in [0.15, 0.2) is 18.5 Å². The second kappa shape index (κ2) is 7.19. The maximum atomic E-state index is 11.8. The predicted octanol–water partition coefficient (Wildman–Crippen LogP) is 0.560. The highest BCUT2D eigenvalue weighted by Crippen LogP contribution is 2.15. The van der Waals surface area contributed by atoms with Crippen molar-refractivity contribution < 1.29 is 4.79 Å². The van der Waals surface area contributed by atoms with Crippen molar-refractivity contribution in [1.82, 2.24) is 20.6 Å². The Bertz CT molecular complexity index is 415. The van der Waals surface area contributed by atoms with Crippen molar-refractivity contribution in [3.8, 4) is 0 Å². The van der Waals surface area contributed by atoms with Crippen molar-refractivity contribution >= 4 is 11.9 Å². The van der Waals surface area contributed by atoms with E-state index in [2.05, 4.69) is 25.5 Å². The number of carbonyl (C=O) groups excluding carboxylic acids is 1. The van der Waals surface area contributed by atoms with E-state index in [0.29, 0.717) is 12.6 Å². The van der Waals surface area contributed by atoms with Gasteiger partial charge in [-0.15, -0.1) is 0 Å². The molecule has 110 valence electrons. The lowest BCUT2D eigenvalue weighted by Crippen LogP contribution is -2.47. The maximum Gasteiger partial charge on any atom is 0.234 e. The summed E-state index contributed by atoms with van der Waals surface area (Å²) in [6.45, 7) is 6.22. The van der Waals surface area contributed by atoms with Crippen molar-refractivity contribution in [2.24, 2.45) is 0 Å². The first kappa shape index (κ1) is 14.7. The number of aromatic nitrogens is 2. The third-order valence-electron chi connectivity index (χ3n) is 3.37. The van der Waals surface area contributed by atoms with Crippen LogP contribution < -0.4 is 15.5 Å². The number of nitrogens with zero attached hydrogens (tertiary/aromatic N) is 3. The van der Waals surface area contributed by atoms with Gasteiger partial charge in [-0.2, -0.15) is 0 Å². The Morgan fingerprint density at radius 3 is 2.60 bits per heavy atom. The molecule has 6 heteroatoms. The number of amides is 1. The second-order valence-electron chi connectivity index (χ2n) is 5.41. The molecule has 1 aliphatic heterocycles. The maximum absolute atomic E-state index is 11.8. The molecular weight excluding hydrogens is 254 g/mol. The fourth-order valence-corrected chi connectivity index (χ4v) is 2.25. The monoisotopic (exact) mass is 277 g/mol. The van der Waals surface area contributed by atoms with Gasteiger partial charge in [0.05, 0.1) is 6.54 Å². The van der Waals surface area contributed by atoms with Crippen LogP contribution >= 0.6 is 0 Å². The lowest BCUT2D eigenvalue weighted by atomic mass is 10.1. The van der Waals surface area contributed by atoms with Crippen molar-refractivity contribution in [2.45, 2.75) is 38.8 Å². The van der Waals surface area contributed by atoms with Gasteiger partial charge in [-0.3, -0.25) is 4.79 Å². The Morgan fingerprint density at radius 2 is 2.00 bits per heavy atom. The first-order chi connectivity index (χ1) is 9.65. The first-order valence-corrected chi connectivity index (χ1v) is 7.20. The van der Waals surface area contributed by atoms with Crippen molar-refractivity contribution in [1.29, 1.82) is 0 Å². The van der Waals surface area contributed by atoms with E-state index in [4.69, 9.17) is 0 Å². The zero-order chi connectivity index (χ0) is 14.4. The summed E-state index contributed by atoms with van der Waals surface area (Å²) >= 11 is 0. The molecule has 0 unspecified atom stereocenters. The van der Waals surface area contributed by atoms with Crippen LogP contribution in [0.4, 0.5) is 5.95 Å². The van der Waals surface area contributed by atoms with E-state index in [1.165, 1.54) is 0 Å². The van der Waals surface area contributed by atoms with Crippen LogP contribution in [0.2, 0.25) is 0 Å². The SMILES string of the molecule is CC(C)NCC(=O)NC1CCN(c2ncccn2)CC1. The molecule has 0 saturated carbocycles. The van der Waals surface area contributed by atoms with Gasteiger partial charge in [0.1, 0.15) is 0 Å². The normalized spacial score (nSPS) is 16.4. The number of nitrogens with one attached hydrogen (secondary N) is 2. The van der Waals surface area contributed by atoms with Crippen LogP contribution in [0.3, 0.4) is 0 Å². The Balaban J connectivity index is 1.73. The van der Waals surface area contributed by atoms with Gasteiger partial charge < -0.3 is 15.5 Å². The Kier molecular flexibility index (Phi) is 5.29. The lowest BCUT2D eigenvalue weighted by Gasteiger charge is -2.32. The quantitative estimate of drug-likeness (QED) is 0.823. The summed E-state index contributed by atoms with van der Waals surface area (Å²) in [5.41, 5.74) is 0. The lowest BCUT2D eigenvalue weighted by molar-refractivity contribution is -0.121. The fourth-order valence-electron chi connectivity index (χ4n) is 2.25. The van der Waals surface area contributed by atoms with E-state index in [1.54, 1.807) is 12.4 Å². The largest absolute Gasteiger partial charge is 0.352 e.